The van der Waals surface area contributed by atoms with Gasteiger partial charge >= 0.3 is 0 Å². The maximum absolute atomic E-state index is 12.8. The highest BCUT2D eigenvalue weighted by Crippen LogP contribution is 2.22. The summed E-state index contributed by atoms with van der Waals surface area (Å²) in [6, 6.07) is 31.8. The van der Waals surface area contributed by atoms with Crippen LogP contribution in [0.4, 0.5) is 0 Å². The van der Waals surface area contributed by atoms with Crippen LogP contribution in [0.1, 0.15) is 23.6 Å². The fourth-order valence-corrected chi connectivity index (χ4v) is 5.58. The fourth-order valence-electron chi connectivity index (χ4n) is 3.34. The molecule has 2 nitrogen and oxygen atoms in total. The zero-order valence-corrected chi connectivity index (χ0v) is 17.1. The predicted octanol–water partition coefficient (Wildman–Crippen LogP) is 4.90. The first-order valence-electron chi connectivity index (χ1n) is 9.51. The highest BCUT2D eigenvalue weighted by molar-refractivity contribution is 6.89. The number of carbonyl (C=O) groups is 1. The van der Waals surface area contributed by atoms with Crippen molar-refractivity contribution in [3.05, 3.63) is 102 Å². The van der Waals surface area contributed by atoms with E-state index >= 15 is 0 Å². The van der Waals surface area contributed by atoms with E-state index in [1.165, 1.54) is 5.19 Å². The van der Waals surface area contributed by atoms with E-state index in [9.17, 15) is 4.79 Å². The SMILES string of the molecule is C[Si](C)(CCC(=O)NC(c1ccccc1)c1ccccc1)c1ccccc1. The second-order valence-electron chi connectivity index (χ2n) is 7.57. The van der Waals surface area contributed by atoms with Crippen molar-refractivity contribution in [2.75, 3.05) is 0 Å². The second-order valence-corrected chi connectivity index (χ2v) is 12.4. The summed E-state index contributed by atoms with van der Waals surface area (Å²) in [6.45, 7) is 4.67. The molecule has 0 spiro atoms. The van der Waals surface area contributed by atoms with Crippen molar-refractivity contribution in [3.8, 4) is 0 Å². The minimum atomic E-state index is -1.61. The lowest BCUT2D eigenvalue weighted by Crippen LogP contribution is -2.42. The van der Waals surface area contributed by atoms with Crippen LogP contribution in [0.5, 0.6) is 0 Å². The number of carbonyl (C=O) groups excluding carboxylic acids is 1. The normalized spacial score (nSPS) is 11.4. The molecular formula is C24H27NOSi. The lowest BCUT2D eigenvalue weighted by atomic mass is 9.98. The second kappa shape index (κ2) is 8.83. The Hall–Kier alpha value is -2.65. The zero-order valence-electron chi connectivity index (χ0n) is 16.1. The summed E-state index contributed by atoms with van der Waals surface area (Å²) in [7, 11) is -1.61. The molecule has 0 atom stereocenters. The third-order valence-corrected chi connectivity index (χ3v) is 8.50. The Bertz CT molecular complexity index is 808. The molecule has 0 aliphatic heterocycles. The maximum atomic E-state index is 12.8. The van der Waals surface area contributed by atoms with Crippen LogP contribution in [0.3, 0.4) is 0 Å². The number of rotatable bonds is 7. The largest absolute Gasteiger partial charge is 0.345 e. The first kappa shape index (κ1) is 19.1. The third-order valence-electron chi connectivity index (χ3n) is 5.10. The topological polar surface area (TPSA) is 29.1 Å². The third kappa shape index (κ3) is 5.17. The lowest BCUT2D eigenvalue weighted by Gasteiger charge is -2.24. The van der Waals surface area contributed by atoms with Gasteiger partial charge in [0, 0.05) is 6.42 Å². The van der Waals surface area contributed by atoms with E-state index in [0.717, 1.165) is 17.2 Å². The van der Waals surface area contributed by atoms with Gasteiger partial charge in [0.15, 0.2) is 0 Å². The van der Waals surface area contributed by atoms with E-state index in [1.807, 2.05) is 42.5 Å². The minimum Gasteiger partial charge on any atom is -0.345 e. The van der Waals surface area contributed by atoms with Crippen molar-refractivity contribution in [1.82, 2.24) is 5.32 Å². The monoisotopic (exact) mass is 373 g/mol. The molecule has 3 heteroatoms. The average Bonchev–Trinajstić information content (AvgIpc) is 2.72. The molecule has 0 radical (unpaired) electrons. The van der Waals surface area contributed by atoms with Crippen LogP contribution < -0.4 is 10.5 Å². The molecule has 1 N–H and O–H groups in total. The van der Waals surface area contributed by atoms with Crippen molar-refractivity contribution >= 4 is 19.2 Å². The van der Waals surface area contributed by atoms with Crippen LogP contribution in [0.15, 0.2) is 91.0 Å². The van der Waals surface area contributed by atoms with Gasteiger partial charge in [0.05, 0.1) is 14.1 Å². The number of hydrogen-bond donors (Lipinski definition) is 1. The summed E-state index contributed by atoms with van der Waals surface area (Å²) >= 11 is 0. The van der Waals surface area contributed by atoms with Crippen molar-refractivity contribution in [2.24, 2.45) is 0 Å². The summed E-state index contributed by atoms with van der Waals surface area (Å²) in [5.74, 6) is 0.115. The summed E-state index contributed by atoms with van der Waals surface area (Å²) in [5.41, 5.74) is 2.22. The first-order chi connectivity index (χ1) is 13.1. The van der Waals surface area contributed by atoms with Crippen LogP contribution >= 0.6 is 0 Å². The molecule has 0 aliphatic rings. The summed E-state index contributed by atoms with van der Waals surface area (Å²) in [4.78, 5) is 12.8. The Morgan fingerprint density at radius 2 is 1.22 bits per heavy atom. The Morgan fingerprint density at radius 3 is 1.70 bits per heavy atom. The summed E-state index contributed by atoms with van der Waals surface area (Å²) in [6.07, 6.45) is 0.560. The average molecular weight is 374 g/mol. The van der Waals surface area contributed by atoms with Crippen LogP contribution in [-0.4, -0.2) is 14.0 Å². The van der Waals surface area contributed by atoms with Crippen molar-refractivity contribution in [1.29, 1.82) is 0 Å². The number of hydrogen-bond acceptors (Lipinski definition) is 1. The van der Waals surface area contributed by atoms with Gasteiger partial charge in [-0.1, -0.05) is 109 Å². The van der Waals surface area contributed by atoms with Gasteiger partial charge in [-0.3, -0.25) is 4.79 Å². The molecule has 0 unspecified atom stereocenters. The maximum Gasteiger partial charge on any atom is 0.220 e. The smallest absolute Gasteiger partial charge is 0.220 e. The molecule has 0 aromatic heterocycles. The Balaban J connectivity index is 1.70. The van der Waals surface area contributed by atoms with Crippen LogP contribution in [0.25, 0.3) is 0 Å². The zero-order chi connectivity index (χ0) is 19.1. The molecule has 3 rings (SSSR count). The molecule has 3 aromatic rings. The van der Waals surface area contributed by atoms with Gasteiger partial charge < -0.3 is 5.32 Å². The molecular weight excluding hydrogens is 346 g/mol. The van der Waals surface area contributed by atoms with Gasteiger partial charge in [-0.2, -0.15) is 0 Å². The van der Waals surface area contributed by atoms with E-state index < -0.39 is 8.07 Å². The highest BCUT2D eigenvalue weighted by Gasteiger charge is 2.25. The van der Waals surface area contributed by atoms with Crippen molar-refractivity contribution in [2.45, 2.75) is 31.6 Å². The fraction of sp³-hybridized carbons (Fsp3) is 0.208. The Morgan fingerprint density at radius 1 is 0.778 bits per heavy atom. The summed E-state index contributed by atoms with van der Waals surface area (Å²) < 4.78 is 0. The first-order valence-corrected chi connectivity index (χ1v) is 12.7. The molecule has 138 valence electrons. The van der Waals surface area contributed by atoms with E-state index in [2.05, 4.69) is 66.9 Å². The van der Waals surface area contributed by atoms with Gasteiger partial charge in [-0.25, -0.2) is 0 Å². The Labute approximate surface area is 163 Å². The molecule has 0 heterocycles. The van der Waals surface area contributed by atoms with Gasteiger partial charge in [0.2, 0.25) is 5.91 Å². The van der Waals surface area contributed by atoms with E-state index in [-0.39, 0.29) is 11.9 Å². The molecule has 0 fully saturated rings. The summed E-state index contributed by atoms with van der Waals surface area (Å²) in [5, 5.41) is 4.66. The van der Waals surface area contributed by atoms with Crippen LogP contribution in [0.2, 0.25) is 19.1 Å². The van der Waals surface area contributed by atoms with Gasteiger partial charge in [-0.15, -0.1) is 0 Å². The molecule has 0 aliphatic carbocycles. The lowest BCUT2D eigenvalue weighted by molar-refractivity contribution is -0.121. The molecule has 27 heavy (non-hydrogen) atoms. The van der Waals surface area contributed by atoms with Gasteiger partial charge in [0.1, 0.15) is 0 Å². The standard InChI is InChI=1S/C24H27NOSi/c1-27(2,22-16-10-5-11-17-22)19-18-23(26)25-24(20-12-6-3-7-13-20)21-14-8-4-9-15-21/h3-17,24H,18-19H2,1-2H3,(H,25,26). The number of nitrogens with one attached hydrogen (secondary N) is 1. The minimum absolute atomic E-state index is 0.110. The molecule has 0 bridgehead atoms. The highest BCUT2D eigenvalue weighted by atomic mass is 28.3. The van der Waals surface area contributed by atoms with Crippen molar-refractivity contribution in [3.63, 3.8) is 0 Å². The van der Waals surface area contributed by atoms with Gasteiger partial charge in [0.25, 0.3) is 0 Å². The van der Waals surface area contributed by atoms with Crippen molar-refractivity contribution < 1.29 is 4.79 Å². The molecule has 0 saturated carbocycles. The number of amides is 1. The molecule has 1 amide bonds. The Kier molecular flexibility index (Phi) is 6.25. The van der Waals surface area contributed by atoms with E-state index in [0.29, 0.717) is 6.42 Å². The van der Waals surface area contributed by atoms with Gasteiger partial charge in [-0.05, 0) is 17.2 Å². The predicted molar refractivity (Wildman–Crippen MR) is 116 cm³/mol. The quantitative estimate of drug-likeness (QED) is 0.587. The molecule has 0 saturated heterocycles. The van der Waals surface area contributed by atoms with Crippen LogP contribution in [-0.2, 0) is 4.79 Å². The van der Waals surface area contributed by atoms with E-state index in [1.54, 1.807) is 0 Å². The van der Waals surface area contributed by atoms with Crippen LogP contribution in [0, 0.1) is 0 Å². The molecule has 3 aromatic carbocycles. The number of benzene rings is 3. The van der Waals surface area contributed by atoms with E-state index in [4.69, 9.17) is 0 Å².